The molecule has 0 radical (unpaired) electrons. The van der Waals surface area contributed by atoms with Gasteiger partial charge in [0.25, 0.3) is 0 Å². The van der Waals surface area contributed by atoms with E-state index in [0.717, 1.165) is 10.0 Å². The van der Waals surface area contributed by atoms with E-state index < -0.39 is 11.5 Å². The number of ether oxygens (including phenoxy) is 1. The molecule has 0 aliphatic rings. The molecular formula is C18H17BrClNO3. The smallest absolute Gasteiger partial charge is 0.336 e. The summed E-state index contributed by atoms with van der Waals surface area (Å²) in [6, 6.07) is 14.2. The normalized spacial score (nSPS) is 13.0. The number of benzene rings is 2. The summed E-state index contributed by atoms with van der Waals surface area (Å²) in [6.45, 7) is 1.63. The van der Waals surface area contributed by atoms with Crippen LogP contribution in [0.3, 0.4) is 0 Å². The van der Waals surface area contributed by atoms with Gasteiger partial charge in [-0.2, -0.15) is 0 Å². The van der Waals surface area contributed by atoms with E-state index >= 15 is 0 Å². The average Bonchev–Trinajstić information content (AvgIpc) is 2.56. The molecule has 126 valence electrons. The van der Waals surface area contributed by atoms with Crippen LogP contribution in [0.2, 0.25) is 5.02 Å². The van der Waals surface area contributed by atoms with Crippen molar-refractivity contribution in [3.63, 3.8) is 0 Å². The molecule has 2 aromatic rings. The van der Waals surface area contributed by atoms with E-state index in [2.05, 4.69) is 21.2 Å². The molecule has 6 heteroatoms. The van der Waals surface area contributed by atoms with E-state index in [4.69, 9.17) is 16.3 Å². The molecule has 0 heterocycles. The molecule has 2 rings (SSSR count). The minimum absolute atomic E-state index is 0.137. The van der Waals surface area contributed by atoms with E-state index in [1.54, 1.807) is 49.4 Å². The third-order valence-electron chi connectivity index (χ3n) is 3.66. The molecule has 2 aromatic carbocycles. The number of carbonyl (C=O) groups is 2. The van der Waals surface area contributed by atoms with Crippen molar-refractivity contribution in [2.24, 2.45) is 0 Å². The Morgan fingerprint density at radius 2 is 1.88 bits per heavy atom. The molecule has 1 N–H and O–H groups in total. The Labute approximate surface area is 154 Å². The summed E-state index contributed by atoms with van der Waals surface area (Å²) in [4.78, 5) is 24.7. The summed E-state index contributed by atoms with van der Waals surface area (Å²) in [7, 11) is 1.30. The summed E-state index contributed by atoms with van der Waals surface area (Å²) in [5.41, 5.74) is 0.161. The van der Waals surface area contributed by atoms with Gasteiger partial charge in [0.1, 0.15) is 0 Å². The van der Waals surface area contributed by atoms with Crippen molar-refractivity contribution < 1.29 is 14.3 Å². The summed E-state index contributed by atoms with van der Waals surface area (Å²) in [5, 5.41) is 3.39. The SMILES string of the molecule is COC(=O)C(C)(NC(=O)Cc1ccc(Cl)cc1)c1cccc(Br)c1. The van der Waals surface area contributed by atoms with E-state index in [-0.39, 0.29) is 12.3 Å². The first-order valence-corrected chi connectivity index (χ1v) is 8.42. The molecule has 1 unspecified atom stereocenters. The van der Waals surface area contributed by atoms with Crippen LogP contribution < -0.4 is 5.32 Å². The fraction of sp³-hybridized carbons (Fsp3) is 0.222. The lowest BCUT2D eigenvalue weighted by Gasteiger charge is -2.28. The highest BCUT2D eigenvalue weighted by Crippen LogP contribution is 2.25. The Bertz CT molecular complexity index is 748. The molecule has 0 spiro atoms. The van der Waals surface area contributed by atoms with Crippen molar-refractivity contribution in [1.82, 2.24) is 5.32 Å². The van der Waals surface area contributed by atoms with Crippen LogP contribution in [-0.4, -0.2) is 19.0 Å². The zero-order valence-corrected chi connectivity index (χ0v) is 15.6. The van der Waals surface area contributed by atoms with E-state index in [0.29, 0.717) is 10.6 Å². The number of hydrogen-bond acceptors (Lipinski definition) is 3. The van der Waals surface area contributed by atoms with Crippen molar-refractivity contribution >= 4 is 39.4 Å². The summed E-state index contributed by atoms with van der Waals surface area (Å²) < 4.78 is 5.70. The predicted molar refractivity (Wildman–Crippen MR) is 96.8 cm³/mol. The van der Waals surface area contributed by atoms with Crippen molar-refractivity contribution in [1.29, 1.82) is 0 Å². The van der Waals surface area contributed by atoms with Crippen LogP contribution in [0.4, 0.5) is 0 Å². The zero-order chi connectivity index (χ0) is 17.7. The van der Waals surface area contributed by atoms with Crippen LogP contribution in [0.25, 0.3) is 0 Å². The molecule has 0 bridgehead atoms. The van der Waals surface area contributed by atoms with Gasteiger partial charge in [-0.1, -0.05) is 51.8 Å². The first-order valence-electron chi connectivity index (χ1n) is 7.25. The maximum atomic E-state index is 12.4. The lowest BCUT2D eigenvalue weighted by atomic mass is 9.91. The largest absolute Gasteiger partial charge is 0.467 e. The number of nitrogens with one attached hydrogen (secondary N) is 1. The molecule has 24 heavy (non-hydrogen) atoms. The Morgan fingerprint density at radius 3 is 2.46 bits per heavy atom. The van der Waals surface area contributed by atoms with Gasteiger partial charge in [0.15, 0.2) is 5.54 Å². The fourth-order valence-corrected chi connectivity index (χ4v) is 2.88. The Morgan fingerprint density at radius 1 is 1.21 bits per heavy atom. The van der Waals surface area contributed by atoms with Gasteiger partial charge in [-0.3, -0.25) is 4.79 Å². The maximum absolute atomic E-state index is 12.4. The molecule has 0 fully saturated rings. The minimum Gasteiger partial charge on any atom is -0.467 e. The van der Waals surface area contributed by atoms with E-state index in [1.807, 2.05) is 6.07 Å². The predicted octanol–water partition coefficient (Wildman–Crippen LogP) is 3.85. The van der Waals surface area contributed by atoms with Gasteiger partial charge in [0.05, 0.1) is 13.5 Å². The molecule has 1 atom stereocenters. The number of rotatable bonds is 5. The Balaban J connectivity index is 2.24. The molecule has 0 aliphatic carbocycles. The number of halogens is 2. The lowest BCUT2D eigenvalue weighted by molar-refractivity contribution is -0.150. The number of hydrogen-bond donors (Lipinski definition) is 1. The number of methoxy groups -OCH3 is 1. The van der Waals surface area contributed by atoms with E-state index in [1.165, 1.54) is 7.11 Å². The van der Waals surface area contributed by atoms with Crippen LogP contribution in [0.5, 0.6) is 0 Å². The highest BCUT2D eigenvalue weighted by molar-refractivity contribution is 9.10. The summed E-state index contributed by atoms with van der Waals surface area (Å²) in [6.07, 6.45) is 0.137. The molecular weight excluding hydrogens is 394 g/mol. The maximum Gasteiger partial charge on any atom is 0.336 e. The van der Waals surface area contributed by atoms with Gasteiger partial charge < -0.3 is 10.1 Å². The van der Waals surface area contributed by atoms with Crippen LogP contribution in [0, 0.1) is 0 Å². The second kappa shape index (κ2) is 7.81. The Hall–Kier alpha value is -1.85. The van der Waals surface area contributed by atoms with Gasteiger partial charge in [0.2, 0.25) is 5.91 Å². The first kappa shape index (κ1) is 18.5. The second-order valence-corrected chi connectivity index (χ2v) is 6.83. The number of carbonyl (C=O) groups excluding carboxylic acids is 2. The monoisotopic (exact) mass is 409 g/mol. The van der Waals surface area contributed by atoms with Gasteiger partial charge in [0, 0.05) is 9.50 Å². The average molecular weight is 411 g/mol. The highest BCUT2D eigenvalue weighted by Gasteiger charge is 2.38. The number of esters is 1. The van der Waals surface area contributed by atoms with Crippen LogP contribution in [0.15, 0.2) is 53.0 Å². The van der Waals surface area contributed by atoms with Gasteiger partial charge in [-0.25, -0.2) is 4.79 Å². The first-order chi connectivity index (χ1) is 11.3. The fourth-order valence-electron chi connectivity index (χ4n) is 2.36. The molecule has 0 saturated carbocycles. The lowest BCUT2D eigenvalue weighted by Crippen LogP contribution is -2.50. The van der Waals surface area contributed by atoms with Crippen LogP contribution >= 0.6 is 27.5 Å². The van der Waals surface area contributed by atoms with Gasteiger partial charge >= 0.3 is 5.97 Å². The molecule has 1 amide bonds. The van der Waals surface area contributed by atoms with Crippen molar-refractivity contribution in [2.75, 3.05) is 7.11 Å². The quantitative estimate of drug-likeness (QED) is 0.762. The second-order valence-electron chi connectivity index (χ2n) is 5.48. The van der Waals surface area contributed by atoms with E-state index in [9.17, 15) is 9.59 Å². The Kier molecular flexibility index (Phi) is 6.02. The third-order valence-corrected chi connectivity index (χ3v) is 4.41. The van der Waals surface area contributed by atoms with Gasteiger partial charge in [-0.15, -0.1) is 0 Å². The molecule has 0 saturated heterocycles. The van der Waals surface area contributed by atoms with Crippen molar-refractivity contribution in [3.8, 4) is 0 Å². The van der Waals surface area contributed by atoms with Crippen molar-refractivity contribution in [3.05, 3.63) is 69.2 Å². The van der Waals surface area contributed by atoms with Crippen LogP contribution in [-0.2, 0) is 26.3 Å². The number of amides is 1. The molecule has 4 nitrogen and oxygen atoms in total. The standard InChI is InChI=1S/C18H17BrClNO3/c1-18(17(23)24-2,13-4-3-5-14(19)11-13)21-16(22)10-12-6-8-15(20)9-7-12/h3-9,11H,10H2,1-2H3,(H,21,22). The van der Waals surface area contributed by atoms with Crippen LogP contribution in [0.1, 0.15) is 18.1 Å². The van der Waals surface area contributed by atoms with Gasteiger partial charge in [-0.05, 0) is 42.3 Å². The van der Waals surface area contributed by atoms with Crippen molar-refractivity contribution in [2.45, 2.75) is 18.9 Å². The third kappa shape index (κ3) is 4.36. The summed E-state index contributed by atoms with van der Waals surface area (Å²) in [5.74, 6) is -0.824. The zero-order valence-electron chi connectivity index (χ0n) is 13.3. The minimum atomic E-state index is -1.28. The topological polar surface area (TPSA) is 55.4 Å². The molecule has 0 aromatic heterocycles. The summed E-state index contributed by atoms with van der Waals surface area (Å²) >= 11 is 9.22. The molecule has 0 aliphatic heterocycles. The highest BCUT2D eigenvalue weighted by atomic mass is 79.9.